The molecule has 1 fully saturated rings. The molecule has 6 heteroatoms. The topological polar surface area (TPSA) is 76.1 Å². The maximum absolute atomic E-state index is 12.9. The Balaban J connectivity index is 1.61. The normalized spacial score (nSPS) is 20.1. The van der Waals surface area contributed by atoms with Crippen molar-refractivity contribution >= 4 is 17.8 Å². The molecule has 2 heterocycles. The van der Waals surface area contributed by atoms with Gasteiger partial charge in [0.2, 0.25) is 5.78 Å². The first kappa shape index (κ1) is 20.2. The Bertz CT molecular complexity index is 1010. The number of allylic oxidation sites excluding steroid dienone is 1. The number of benzene rings is 2. The number of rotatable bonds is 4. The van der Waals surface area contributed by atoms with Crippen LogP contribution in [-0.4, -0.2) is 41.5 Å². The van der Waals surface area contributed by atoms with Crippen LogP contribution in [0.3, 0.4) is 0 Å². The number of aromatic hydroxyl groups is 1. The molecule has 0 amide bonds. The number of methoxy groups -OCH3 is 1. The van der Waals surface area contributed by atoms with E-state index in [2.05, 4.69) is 11.8 Å². The number of Topliss-reactive ketones (excluding diaryl/α,β-unsaturated/α-hetero) is 1. The maximum atomic E-state index is 12.9. The summed E-state index contributed by atoms with van der Waals surface area (Å²) in [4.78, 5) is 26.8. The van der Waals surface area contributed by atoms with Gasteiger partial charge in [-0.3, -0.25) is 9.69 Å². The largest absolute Gasteiger partial charge is 0.507 e. The lowest BCUT2D eigenvalue weighted by Crippen LogP contribution is -2.36. The highest BCUT2D eigenvalue weighted by Crippen LogP contribution is 2.40. The lowest BCUT2D eigenvalue weighted by atomic mass is 10.0. The van der Waals surface area contributed by atoms with Crippen LogP contribution in [0.4, 0.5) is 0 Å². The minimum atomic E-state index is -0.415. The van der Waals surface area contributed by atoms with E-state index in [0.717, 1.165) is 24.9 Å². The molecule has 0 bridgehead atoms. The van der Waals surface area contributed by atoms with Crippen LogP contribution in [-0.2, 0) is 11.3 Å². The third kappa shape index (κ3) is 3.83. The minimum absolute atomic E-state index is 0.142. The standard InChI is InChI=1S/C24H25NO5/c1-15-5-3-4-12-25(15)14-19-20(26)11-10-18-22(27)21(30-23(18)19)13-16-6-8-17(9-7-16)24(28)29-2/h6-11,13,15,26H,3-5,12,14H2,1-2H3/t15-/m0/s1. The fourth-order valence-corrected chi connectivity index (χ4v) is 4.03. The molecule has 1 N–H and O–H groups in total. The molecule has 4 rings (SSSR count). The van der Waals surface area contributed by atoms with Crippen molar-refractivity contribution < 1.29 is 24.2 Å². The van der Waals surface area contributed by atoms with Crippen molar-refractivity contribution in [3.8, 4) is 11.5 Å². The van der Waals surface area contributed by atoms with Crippen LogP contribution in [0.25, 0.3) is 6.08 Å². The Morgan fingerprint density at radius 3 is 2.70 bits per heavy atom. The second-order valence-electron chi connectivity index (χ2n) is 7.81. The first-order chi connectivity index (χ1) is 14.5. The first-order valence-electron chi connectivity index (χ1n) is 10.2. The van der Waals surface area contributed by atoms with Gasteiger partial charge in [0, 0.05) is 12.6 Å². The van der Waals surface area contributed by atoms with Gasteiger partial charge in [0.1, 0.15) is 11.5 Å². The van der Waals surface area contributed by atoms with Crippen LogP contribution in [0.15, 0.2) is 42.2 Å². The molecule has 6 nitrogen and oxygen atoms in total. The molecule has 2 aromatic rings. The van der Waals surface area contributed by atoms with Crippen molar-refractivity contribution in [3.63, 3.8) is 0 Å². The molecule has 1 saturated heterocycles. The highest BCUT2D eigenvalue weighted by molar-refractivity contribution is 6.15. The zero-order chi connectivity index (χ0) is 21.3. The number of carbonyl (C=O) groups is 2. The third-order valence-electron chi connectivity index (χ3n) is 5.85. The number of fused-ring (bicyclic) bond motifs is 1. The van der Waals surface area contributed by atoms with Crippen LogP contribution >= 0.6 is 0 Å². The van der Waals surface area contributed by atoms with Crippen LogP contribution in [0.2, 0.25) is 0 Å². The van der Waals surface area contributed by atoms with Crippen molar-refractivity contribution in [2.45, 2.75) is 38.8 Å². The number of nitrogens with zero attached hydrogens (tertiary/aromatic N) is 1. The third-order valence-corrected chi connectivity index (χ3v) is 5.85. The molecule has 1 atom stereocenters. The van der Waals surface area contributed by atoms with Gasteiger partial charge in [0.05, 0.1) is 23.8 Å². The number of phenols is 1. The zero-order valence-electron chi connectivity index (χ0n) is 17.2. The highest BCUT2D eigenvalue weighted by Gasteiger charge is 2.32. The summed E-state index contributed by atoms with van der Waals surface area (Å²) < 4.78 is 10.6. The smallest absolute Gasteiger partial charge is 0.337 e. The van der Waals surface area contributed by atoms with E-state index in [0.29, 0.717) is 35.0 Å². The molecule has 0 saturated carbocycles. The molecule has 2 aliphatic rings. The molecule has 30 heavy (non-hydrogen) atoms. The van der Waals surface area contributed by atoms with E-state index in [4.69, 9.17) is 9.47 Å². The van der Waals surface area contributed by atoms with E-state index >= 15 is 0 Å². The second-order valence-corrected chi connectivity index (χ2v) is 7.81. The number of carbonyl (C=O) groups excluding carboxylic acids is 2. The van der Waals surface area contributed by atoms with Gasteiger partial charge >= 0.3 is 5.97 Å². The van der Waals surface area contributed by atoms with Crippen molar-refractivity contribution in [2.75, 3.05) is 13.7 Å². The first-order valence-corrected chi connectivity index (χ1v) is 10.2. The van der Waals surface area contributed by atoms with Gasteiger partial charge in [-0.2, -0.15) is 0 Å². The summed E-state index contributed by atoms with van der Waals surface area (Å²) >= 11 is 0. The summed E-state index contributed by atoms with van der Waals surface area (Å²) in [6.45, 7) is 3.70. The van der Waals surface area contributed by atoms with Crippen molar-refractivity contribution in [3.05, 3.63) is 64.4 Å². The van der Waals surface area contributed by atoms with Gasteiger partial charge in [-0.25, -0.2) is 4.79 Å². The van der Waals surface area contributed by atoms with E-state index in [1.165, 1.54) is 13.5 Å². The lowest BCUT2D eigenvalue weighted by molar-refractivity contribution is 0.0600. The van der Waals surface area contributed by atoms with E-state index < -0.39 is 5.97 Å². The van der Waals surface area contributed by atoms with E-state index in [9.17, 15) is 14.7 Å². The van der Waals surface area contributed by atoms with E-state index in [1.54, 1.807) is 42.5 Å². The molecule has 0 spiro atoms. The molecule has 0 aromatic heterocycles. The van der Waals surface area contributed by atoms with Crippen LogP contribution in [0, 0.1) is 0 Å². The Labute approximate surface area is 175 Å². The lowest BCUT2D eigenvalue weighted by Gasteiger charge is -2.33. The molecular weight excluding hydrogens is 382 g/mol. The number of hydrogen-bond acceptors (Lipinski definition) is 6. The van der Waals surface area contributed by atoms with Gasteiger partial charge in [0.15, 0.2) is 5.76 Å². The number of phenolic OH excluding ortho intramolecular Hbond substituents is 1. The monoisotopic (exact) mass is 407 g/mol. The number of piperidine rings is 1. The Hall–Kier alpha value is -3.12. The molecule has 0 unspecified atom stereocenters. The second kappa shape index (κ2) is 8.32. The van der Waals surface area contributed by atoms with E-state index in [-0.39, 0.29) is 17.3 Å². The van der Waals surface area contributed by atoms with Crippen molar-refractivity contribution in [1.29, 1.82) is 0 Å². The average Bonchev–Trinajstić information content (AvgIpc) is 3.07. The summed E-state index contributed by atoms with van der Waals surface area (Å²) in [5, 5.41) is 10.5. The SMILES string of the molecule is COC(=O)c1ccc(C=C2Oc3c(ccc(O)c3CN3CCCC[C@@H]3C)C2=O)cc1. The van der Waals surface area contributed by atoms with Crippen LogP contribution in [0.5, 0.6) is 11.5 Å². The van der Waals surface area contributed by atoms with Gasteiger partial charge < -0.3 is 14.6 Å². The predicted molar refractivity (Wildman–Crippen MR) is 113 cm³/mol. The fourth-order valence-electron chi connectivity index (χ4n) is 4.03. The Morgan fingerprint density at radius 2 is 2.00 bits per heavy atom. The number of ether oxygens (including phenoxy) is 2. The molecule has 0 aliphatic carbocycles. The predicted octanol–water partition coefficient (Wildman–Crippen LogP) is 4.17. The summed E-state index contributed by atoms with van der Waals surface area (Å²) in [6.07, 6.45) is 5.12. The van der Waals surface area contributed by atoms with Crippen molar-refractivity contribution in [1.82, 2.24) is 4.90 Å². The molecule has 2 aromatic carbocycles. The van der Waals surface area contributed by atoms with Gasteiger partial charge in [0.25, 0.3) is 0 Å². The van der Waals surface area contributed by atoms with Gasteiger partial charge in [-0.1, -0.05) is 18.6 Å². The molecule has 0 radical (unpaired) electrons. The summed E-state index contributed by atoms with van der Waals surface area (Å²) in [7, 11) is 1.33. The Kier molecular flexibility index (Phi) is 5.59. The molecule has 2 aliphatic heterocycles. The number of esters is 1. The number of hydrogen-bond donors (Lipinski definition) is 1. The highest BCUT2D eigenvalue weighted by atomic mass is 16.5. The number of likely N-dealkylation sites (tertiary alicyclic amines) is 1. The van der Waals surface area contributed by atoms with Gasteiger partial charge in [-0.15, -0.1) is 0 Å². The van der Waals surface area contributed by atoms with Gasteiger partial charge in [-0.05, 0) is 62.2 Å². The molecule has 156 valence electrons. The quantitative estimate of drug-likeness (QED) is 0.606. The minimum Gasteiger partial charge on any atom is -0.507 e. The summed E-state index contributed by atoms with van der Waals surface area (Å²) in [6, 6.07) is 10.3. The fraction of sp³-hybridized carbons (Fsp3) is 0.333. The van der Waals surface area contributed by atoms with E-state index in [1.807, 2.05) is 0 Å². The van der Waals surface area contributed by atoms with Crippen molar-refractivity contribution in [2.24, 2.45) is 0 Å². The maximum Gasteiger partial charge on any atom is 0.337 e. The summed E-state index contributed by atoms with van der Waals surface area (Å²) in [5.74, 6) is 0.157. The summed E-state index contributed by atoms with van der Waals surface area (Å²) in [5.41, 5.74) is 2.28. The molecular formula is C24H25NO5. The Morgan fingerprint density at radius 1 is 1.23 bits per heavy atom. The number of ketones is 1. The zero-order valence-corrected chi connectivity index (χ0v) is 17.2. The average molecular weight is 407 g/mol. The van der Waals surface area contributed by atoms with Crippen LogP contribution in [0.1, 0.15) is 58.0 Å². The van der Waals surface area contributed by atoms with Crippen LogP contribution < -0.4 is 4.74 Å².